The molecule has 37 heavy (non-hydrogen) atoms. The molecule has 0 heterocycles. The Morgan fingerprint density at radius 1 is 0.676 bits per heavy atom. The summed E-state index contributed by atoms with van der Waals surface area (Å²) in [6.45, 7) is 7.41. The topological polar surface area (TPSA) is 83.1 Å². The van der Waals surface area contributed by atoms with Gasteiger partial charge in [-0.2, -0.15) is 0 Å². The number of rotatable bonds is 18. The van der Waals surface area contributed by atoms with Gasteiger partial charge < -0.3 is 29.9 Å². The van der Waals surface area contributed by atoms with Gasteiger partial charge in [-0.25, -0.2) is 0 Å². The van der Waals surface area contributed by atoms with E-state index in [2.05, 4.69) is 39.6 Å². The Hall–Kier alpha value is -3.42. The molecule has 2 N–H and O–H groups in total. The van der Waals surface area contributed by atoms with Gasteiger partial charge in [0, 0.05) is 71.6 Å². The number of likely N-dealkylation sites (N-methyl/N-ethyl adjacent to an activating group) is 1. The molecule has 8 nitrogen and oxygen atoms in total. The zero-order chi connectivity index (χ0) is 26.9. The van der Waals surface area contributed by atoms with E-state index in [9.17, 15) is 9.59 Å². The second-order valence-electron chi connectivity index (χ2n) is 9.26. The third kappa shape index (κ3) is 12.9. The van der Waals surface area contributed by atoms with Crippen molar-refractivity contribution in [3.63, 3.8) is 0 Å². The minimum Gasteiger partial charge on any atom is -0.494 e. The predicted molar refractivity (Wildman–Crippen MR) is 151 cm³/mol. The lowest BCUT2D eigenvalue weighted by atomic mass is 10.2. The lowest BCUT2D eigenvalue weighted by molar-refractivity contribution is -0.119. The highest BCUT2D eigenvalue weighted by molar-refractivity contribution is 5.73. The molecule has 2 aromatic rings. The van der Waals surface area contributed by atoms with Crippen molar-refractivity contribution in [2.24, 2.45) is 0 Å². The van der Waals surface area contributed by atoms with Crippen molar-refractivity contribution in [2.75, 3.05) is 63.3 Å². The van der Waals surface area contributed by atoms with Gasteiger partial charge in [0.05, 0.1) is 13.2 Å². The number of nitrogens with zero attached hydrogens (tertiary/aromatic N) is 2. The highest BCUT2D eigenvalue weighted by Crippen LogP contribution is 2.21. The minimum absolute atomic E-state index is 0.0114. The first-order valence-electron chi connectivity index (χ1n) is 13.2. The van der Waals surface area contributed by atoms with E-state index >= 15 is 0 Å². The average Bonchev–Trinajstić information content (AvgIpc) is 2.88. The summed E-state index contributed by atoms with van der Waals surface area (Å²) >= 11 is 0. The standard InChI is InChI=1S/C29H44N4O4/c1-24(34)30-17-10-19-32(3)26-13-15-28(16-14-26)36-21-7-5-6-8-22-37-29-12-9-11-27(23-29)33(4)20-18-31-25(2)35/h9,11-16,23H,5-8,10,17-22H2,1-4H3,(H,30,34)(H,31,35). The Balaban J connectivity index is 1.55. The molecule has 0 aromatic heterocycles. The fraction of sp³-hybridized carbons (Fsp3) is 0.517. The predicted octanol–water partition coefficient (Wildman–Crippen LogP) is 4.24. The van der Waals surface area contributed by atoms with Crippen molar-refractivity contribution >= 4 is 23.2 Å². The summed E-state index contributed by atoms with van der Waals surface area (Å²) in [7, 11) is 4.06. The molecule has 2 amide bonds. The van der Waals surface area contributed by atoms with Crippen molar-refractivity contribution in [1.29, 1.82) is 0 Å². The van der Waals surface area contributed by atoms with E-state index in [4.69, 9.17) is 9.47 Å². The van der Waals surface area contributed by atoms with Crippen LogP contribution in [0, 0.1) is 0 Å². The summed E-state index contributed by atoms with van der Waals surface area (Å²) in [4.78, 5) is 26.2. The number of ether oxygens (including phenoxy) is 2. The number of hydrogen-bond donors (Lipinski definition) is 2. The first-order chi connectivity index (χ1) is 17.8. The van der Waals surface area contributed by atoms with E-state index in [1.54, 1.807) is 6.92 Å². The zero-order valence-corrected chi connectivity index (χ0v) is 22.9. The SMILES string of the molecule is CC(=O)NCCCN(C)c1ccc(OCCCCCCOc2cccc(N(C)CCNC(C)=O)c2)cc1. The molecule has 0 saturated carbocycles. The number of unbranched alkanes of at least 4 members (excludes halogenated alkanes) is 3. The van der Waals surface area contributed by atoms with Gasteiger partial charge in [0.1, 0.15) is 11.5 Å². The fourth-order valence-electron chi connectivity index (χ4n) is 3.78. The molecule has 0 atom stereocenters. The molecule has 8 heteroatoms. The zero-order valence-electron chi connectivity index (χ0n) is 22.9. The van der Waals surface area contributed by atoms with Gasteiger partial charge in [-0.1, -0.05) is 6.07 Å². The van der Waals surface area contributed by atoms with Gasteiger partial charge in [-0.15, -0.1) is 0 Å². The van der Waals surface area contributed by atoms with Crippen LogP contribution in [0.2, 0.25) is 0 Å². The normalized spacial score (nSPS) is 10.5. The van der Waals surface area contributed by atoms with E-state index in [1.165, 1.54) is 6.92 Å². The van der Waals surface area contributed by atoms with Crippen LogP contribution in [0.1, 0.15) is 46.0 Å². The molecule has 0 fully saturated rings. The summed E-state index contributed by atoms with van der Waals surface area (Å²) < 4.78 is 11.8. The molecular weight excluding hydrogens is 468 g/mol. The smallest absolute Gasteiger partial charge is 0.216 e. The molecule has 0 aliphatic rings. The molecule has 204 valence electrons. The van der Waals surface area contributed by atoms with Gasteiger partial charge in [0.15, 0.2) is 0 Å². The molecule has 0 saturated heterocycles. The third-order valence-electron chi connectivity index (χ3n) is 5.98. The van der Waals surface area contributed by atoms with E-state index in [0.717, 1.165) is 68.1 Å². The first-order valence-corrected chi connectivity index (χ1v) is 13.2. The number of anilines is 2. The monoisotopic (exact) mass is 512 g/mol. The van der Waals surface area contributed by atoms with Gasteiger partial charge in [0.2, 0.25) is 11.8 Å². The van der Waals surface area contributed by atoms with Crippen LogP contribution in [0.15, 0.2) is 48.5 Å². The number of carbonyl (C=O) groups excluding carboxylic acids is 2. The number of amides is 2. The minimum atomic E-state index is -0.0114. The third-order valence-corrected chi connectivity index (χ3v) is 5.98. The Kier molecular flexibility index (Phi) is 13.8. The Bertz CT molecular complexity index is 936. The largest absolute Gasteiger partial charge is 0.494 e. The van der Waals surface area contributed by atoms with Crippen molar-refractivity contribution < 1.29 is 19.1 Å². The summed E-state index contributed by atoms with van der Waals surface area (Å²) in [6, 6.07) is 16.2. The molecule has 0 aliphatic heterocycles. The summed E-state index contributed by atoms with van der Waals surface area (Å²) in [5, 5.41) is 5.64. The molecule has 0 aliphatic carbocycles. The molecule has 0 unspecified atom stereocenters. The second-order valence-corrected chi connectivity index (χ2v) is 9.26. The summed E-state index contributed by atoms with van der Waals surface area (Å²) in [5.74, 6) is 1.76. The lowest BCUT2D eigenvalue weighted by Crippen LogP contribution is -2.31. The van der Waals surface area contributed by atoms with Crippen LogP contribution < -0.4 is 29.9 Å². The second kappa shape index (κ2) is 17.1. The van der Waals surface area contributed by atoms with Crippen molar-refractivity contribution in [1.82, 2.24) is 10.6 Å². The molecule has 2 aromatic carbocycles. The molecular formula is C29H44N4O4. The lowest BCUT2D eigenvalue weighted by Gasteiger charge is -2.20. The van der Waals surface area contributed by atoms with E-state index in [1.807, 2.05) is 43.4 Å². The molecule has 0 spiro atoms. The fourth-order valence-corrected chi connectivity index (χ4v) is 3.78. The maximum atomic E-state index is 11.0. The number of nitrogens with one attached hydrogen (secondary N) is 2. The van der Waals surface area contributed by atoms with Crippen molar-refractivity contribution in [2.45, 2.75) is 46.0 Å². The van der Waals surface area contributed by atoms with Crippen molar-refractivity contribution in [3.05, 3.63) is 48.5 Å². The first kappa shape index (κ1) is 29.8. The molecule has 2 rings (SSSR count). The number of hydrogen-bond acceptors (Lipinski definition) is 6. The van der Waals surface area contributed by atoms with Crippen LogP contribution >= 0.6 is 0 Å². The quantitative estimate of drug-likeness (QED) is 0.291. The number of carbonyl (C=O) groups is 2. The van der Waals surface area contributed by atoms with Crippen LogP contribution in [0.3, 0.4) is 0 Å². The maximum Gasteiger partial charge on any atom is 0.216 e. The number of benzene rings is 2. The van der Waals surface area contributed by atoms with E-state index in [0.29, 0.717) is 26.3 Å². The van der Waals surface area contributed by atoms with Gasteiger partial charge in [-0.05, 0) is 68.5 Å². The molecule has 0 radical (unpaired) electrons. The van der Waals surface area contributed by atoms with Crippen LogP contribution in [-0.4, -0.2) is 65.3 Å². The van der Waals surface area contributed by atoms with Gasteiger partial charge in [0.25, 0.3) is 0 Å². The summed E-state index contributed by atoms with van der Waals surface area (Å²) in [5.41, 5.74) is 2.21. The van der Waals surface area contributed by atoms with Crippen LogP contribution in [-0.2, 0) is 9.59 Å². The van der Waals surface area contributed by atoms with Crippen molar-refractivity contribution in [3.8, 4) is 11.5 Å². The van der Waals surface area contributed by atoms with Crippen LogP contribution in [0.5, 0.6) is 11.5 Å². The van der Waals surface area contributed by atoms with Gasteiger partial charge >= 0.3 is 0 Å². The summed E-state index contributed by atoms with van der Waals surface area (Å²) in [6.07, 6.45) is 5.13. The van der Waals surface area contributed by atoms with Crippen LogP contribution in [0.4, 0.5) is 11.4 Å². The van der Waals surface area contributed by atoms with Gasteiger partial charge in [-0.3, -0.25) is 9.59 Å². The average molecular weight is 513 g/mol. The Morgan fingerprint density at radius 2 is 1.27 bits per heavy atom. The van der Waals surface area contributed by atoms with Crippen LogP contribution in [0.25, 0.3) is 0 Å². The van der Waals surface area contributed by atoms with E-state index in [-0.39, 0.29) is 11.8 Å². The Labute approximate surface area is 222 Å². The molecule has 0 bridgehead atoms. The highest BCUT2D eigenvalue weighted by atomic mass is 16.5. The maximum absolute atomic E-state index is 11.0. The highest BCUT2D eigenvalue weighted by Gasteiger charge is 2.04. The Morgan fingerprint density at radius 3 is 1.92 bits per heavy atom. The van der Waals surface area contributed by atoms with E-state index < -0.39 is 0 Å².